The van der Waals surface area contributed by atoms with E-state index in [1.807, 2.05) is 0 Å². The van der Waals surface area contributed by atoms with Crippen molar-refractivity contribution in [3.05, 3.63) is 29.3 Å². The minimum Gasteiger partial charge on any atom is -0.483 e. The smallest absolute Gasteiger partial charge is 0.257 e. The van der Waals surface area contributed by atoms with Crippen LogP contribution < -0.4 is 21.1 Å². The standard InChI is InChI=1S/C21H28N4O6/c1-25(16-8-9-18(27)24-20(16)29)21(30)14-6-5-7-17(15(14)12-26)31-13-19(28)23-11-4-2-3-10-22/h5-7,12,16H,2-4,8-11,13,22H2,1H3,(H,23,28)(H,24,27,29). The molecule has 0 aliphatic carbocycles. The number of nitrogens with zero attached hydrogens (tertiary/aromatic N) is 1. The van der Waals surface area contributed by atoms with E-state index in [9.17, 15) is 24.0 Å². The Kier molecular flexibility index (Phi) is 9.13. The summed E-state index contributed by atoms with van der Waals surface area (Å²) in [4.78, 5) is 61.1. The molecule has 0 bridgehead atoms. The van der Waals surface area contributed by atoms with Crippen LogP contribution in [0.4, 0.5) is 0 Å². The van der Waals surface area contributed by atoms with E-state index in [2.05, 4.69) is 10.6 Å². The van der Waals surface area contributed by atoms with E-state index in [1.54, 1.807) is 0 Å². The quantitative estimate of drug-likeness (QED) is 0.253. The Morgan fingerprint density at radius 3 is 2.74 bits per heavy atom. The lowest BCUT2D eigenvalue weighted by Crippen LogP contribution is -2.53. The summed E-state index contributed by atoms with van der Waals surface area (Å²) in [6.45, 7) is 0.801. The molecular weight excluding hydrogens is 404 g/mol. The van der Waals surface area contributed by atoms with Gasteiger partial charge < -0.3 is 20.7 Å². The molecule has 2 rings (SSSR count). The third-order valence-corrected chi connectivity index (χ3v) is 4.97. The number of amides is 4. The van der Waals surface area contributed by atoms with Crippen molar-refractivity contribution in [3.8, 4) is 5.75 Å². The summed E-state index contributed by atoms with van der Waals surface area (Å²) in [7, 11) is 1.43. The van der Waals surface area contributed by atoms with E-state index in [-0.39, 0.29) is 48.1 Å². The number of hydrogen-bond acceptors (Lipinski definition) is 7. The molecule has 1 aliphatic heterocycles. The van der Waals surface area contributed by atoms with Crippen LogP contribution >= 0.6 is 0 Å². The Morgan fingerprint density at radius 2 is 2.06 bits per heavy atom. The summed E-state index contributed by atoms with van der Waals surface area (Å²) in [6.07, 6.45) is 3.41. The van der Waals surface area contributed by atoms with Crippen molar-refractivity contribution < 1.29 is 28.7 Å². The monoisotopic (exact) mass is 432 g/mol. The number of ether oxygens (including phenoxy) is 1. The Balaban J connectivity index is 2.02. The number of nitrogens with two attached hydrogens (primary N) is 1. The molecule has 168 valence electrons. The molecule has 0 aromatic heterocycles. The molecule has 0 radical (unpaired) electrons. The SMILES string of the molecule is CN(C(=O)c1cccc(OCC(=O)NCCCCCN)c1C=O)C1CCC(=O)NC1=O. The Morgan fingerprint density at radius 1 is 1.29 bits per heavy atom. The third-order valence-electron chi connectivity index (χ3n) is 4.97. The summed E-state index contributed by atoms with van der Waals surface area (Å²) < 4.78 is 5.46. The van der Waals surface area contributed by atoms with Crippen LogP contribution in [0, 0.1) is 0 Å². The van der Waals surface area contributed by atoms with Crippen LogP contribution in [0.25, 0.3) is 0 Å². The highest BCUT2D eigenvalue weighted by atomic mass is 16.5. The van der Waals surface area contributed by atoms with Crippen LogP contribution in [-0.2, 0) is 14.4 Å². The number of likely N-dealkylation sites (N-methyl/N-ethyl adjacent to an activating group) is 1. The molecule has 0 saturated carbocycles. The molecule has 1 heterocycles. The third kappa shape index (κ3) is 6.61. The molecule has 1 aliphatic rings. The fourth-order valence-corrected chi connectivity index (χ4v) is 3.23. The van der Waals surface area contributed by atoms with Gasteiger partial charge in [0.05, 0.1) is 11.1 Å². The average Bonchev–Trinajstić information content (AvgIpc) is 2.76. The van der Waals surface area contributed by atoms with Gasteiger partial charge in [-0.1, -0.05) is 12.5 Å². The first-order valence-electron chi connectivity index (χ1n) is 10.2. The lowest BCUT2D eigenvalue weighted by Gasteiger charge is -2.30. The highest BCUT2D eigenvalue weighted by molar-refractivity contribution is 6.06. The van der Waals surface area contributed by atoms with E-state index in [4.69, 9.17) is 10.5 Å². The van der Waals surface area contributed by atoms with Crippen molar-refractivity contribution in [2.75, 3.05) is 26.7 Å². The van der Waals surface area contributed by atoms with Crippen molar-refractivity contribution in [2.45, 2.75) is 38.1 Å². The largest absolute Gasteiger partial charge is 0.483 e. The van der Waals surface area contributed by atoms with Gasteiger partial charge in [0.1, 0.15) is 11.8 Å². The van der Waals surface area contributed by atoms with Crippen LogP contribution in [0.1, 0.15) is 52.8 Å². The zero-order valence-corrected chi connectivity index (χ0v) is 17.5. The van der Waals surface area contributed by atoms with Crippen LogP contribution in [-0.4, -0.2) is 67.6 Å². The van der Waals surface area contributed by atoms with Crippen LogP contribution in [0.3, 0.4) is 0 Å². The second-order valence-electron chi connectivity index (χ2n) is 7.21. The zero-order chi connectivity index (χ0) is 22.8. The van der Waals surface area contributed by atoms with E-state index in [1.165, 1.54) is 30.1 Å². The molecule has 4 amide bonds. The van der Waals surface area contributed by atoms with E-state index in [0.717, 1.165) is 19.3 Å². The maximum atomic E-state index is 12.9. The van der Waals surface area contributed by atoms with E-state index >= 15 is 0 Å². The first kappa shape index (κ1) is 24.0. The summed E-state index contributed by atoms with van der Waals surface area (Å²) >= 11 is 0. The molecule has 1 aromatic rings. The highest BCUT2D eigenvalue weighted by Crippen LogP contribution is 2.23. The summed E-state index contributed by atoms with van der Waals surface area (Å²) in [5.74, 6) is -1.76. The Labute approximate surface area is 180 Å². The van der Waals surface area contributed by atoms with E-state index < -0.39 is 17.9 Å². The second-order valence-corrected chi connectivity index (χ2v) is 7.21. The number of hydrogen-bond donors (Lipinski definition) is 3. The highest BCUT2D eigenvalue weighted by Gasteiger charge is 2.33. The number of imide groups is 1. The van der Waals surface area contributed by atoms with Gasteiger partial charge >= 0.3 is 0 Å². The molecular formula is C21H28N4O6. The van der Waals surface area contributed by atoms with Gasteiger partial charge in [0.15, 0.2) is 12.9 Å². The predicted molar refractivity (Wildman–Crippen MR) is 112 cm³/mol. The van der Waals surface area contributed by atoms with Gasteiger partial charge in [-0.25, -0.2) is 0 Å². The fraction of sp³-hybridized carbons (Fsp3) is 0.476. The van der Waals surface area contributed by atoms with Crippen molar-refractivity contribution in [3.63, 3.8) is 0 Å². The Bertz CT molecular complexity index is 841. The lowest BCUT2D eigenvalue weighted by molar-refractivity contribution is -0.136. The summed E-state index contributed by atoms with van der Waals surface area (Å²) in [5.41, 5.74) is 5.45. The van der Waals surface area contributed by atoms with Gasteiger partial charge in [0, 0.05) is 20.0 Å². The van der Waals surface area contributed by atoms with Crippen LogP contribution in [0.5, 0.6) is 5.75 Å². The predicted octanol–water partition coefficient (Wildman–Crippen LogP) is 0.000300. The Hall–Kier alpha value is -3.27. The van der Waals surface area contributed by atoms with E-state index in [0.29, 0.717) is 19.4 Å². The molecule has 1 aromatic carbocycles. The van der Waals surface area contributed by atoms with Gasteiger partial charge in [-0.3, -0.25) is 29.3 Å². The number of nitrogens with one attached hydrogen (secondary N) is 2. The minimum atomic E-state index is -0.820. The molecule has 31 heavy (non-hydrogen) atoms. The number of aldehydes is 1. The van der Waals surface area contributed by atoms with Crippen molar-refractivity contribution >= 4 is 29.9 Å². The van der Waals surface area contributed by atoms with Gasteiger partial charge in [-0.15, -0.1) is 0 Å². The molecule has 4 N–H and O–H groups in total. The van der Waals surface area contributed by atoms with Crippen LogP contribution in [0.15, 0.2) is 18.2 Å². The van der Waals surface area contributed by atoms with Crippen molar-refractivity contribution in [1.29, 1.82) is 0 Å². The normalized spacial score (nSPS) is 15.7. The molecule has 1 unspecified atom stereocenters. The number of unbranched alkanes of at least 4 members (excludes halogenated alkanes) is 2. The zero-order valence-electron chi connectivity index (χ0n) is 17.5. The summed E-state index contributed by atoms with van der Waals surface area (Å²) in [6, 6.07) is 3.64. The molecule has 10 nitrogen and oxygen atoms in total. The van der Waals surface area contributed by atoms with Gasteiger partial charge in [0.2, 0.25) is 11.8 Å². The number of piperidine rings is 1. The van der Waals surface area contributed by atoms with Crippen molar-refractivity contribution in [1.82, 2.24) is 15.5 Å². The lowest BCUT2D eigenvalue weighted by atomic mass is 10.0. The van der Waals surface area contributed by atoms with Crippen LogP contribution in [0.2, 0.25) is 0 Å². The number of rotatable bonds is 11. The fourth-order valence-electron chi connectivity index (χ4n) is 3.23. The maximum absolute atomic E-state index is 12.9. The maximum Gasteiger partial charge on any atom is 0.257 e. The first-order valence-corrected chi connectivity index (χ1v) is 10.2. The van der Waals surface area contributed by atoms with Gasteiger partial charge in [0.25, 0.3) is 11.8 Å². The number of carbonyl (C=O) groups is 5. The topological polar surface area (TPSA) is 148 Å². The molecule has 1 atom stereocenters. The average molecular weight is 432 g/mol. The van der Waals surface area contributed by atoms with Crippen molar-refractivity contribution in [2.24, 2.45) is 5.73 Å². The minimum absolute atomic E-state index is 0.0117. The second kappa shape index (κ2) is 11.8. The molecule has 10 heteroatoms. The molecule has 0 spiro atoms. The summed E-state index contributed by atoms with van der Waals surface area (Å²) in [5, 5.41) is 4.92. The number of carbonyl (C=O) groups excluding carboxylic acids is 5. The molecule has 1 saturated heterocycles. The number of benzene rings is 1. The molecule has 1 fully saturated rings. The van der Waals surface area contributed by atoms with Gasteiger partial charge in [-0.2, -0.15) is 0 Å². The van der Waals surface area contributed by atoms with Gasteiger partial charge in [-0.05, 0) is 37.9 Å². The first-order chi connectivity index (χ1) is 14.9.